The molecule has 1 unspecified atom stereocenters. The number of aryl methyl sites for hydroxylation is 2. The summed E-state index contributed by atoms with van der Waals surface area (Å²) in [6.45, 7) is 5.93. The minimum Gasteiger partial charge on any atom is -0.338 e. The Labute approximate surface area is 137 Å². The first-order chi connectivity index (χ1) is 8.59. The van der Waals surface area contributed by atoms with Crippen LogP contribution < -0.4 is 5.32 Å². The maximum absolute atomic E-state index is 12.5. The number of nitrogens with one attached hydrogen (secondary N) is 1. The SMILES string of the molecule is Cc1nc(C)c(C(=O)N(C)C2CCCNCC2)s1.Cl.Cl. The molecule has 1 fully saturated rings. The Morgan fingerprint density at radius 1 is 1.30 bits per heavy atom. The van der Waals surface area contributed by atoms with Gasteiger partial charge in [-0.05, 0) is 46.2 Å². The average Bonchev–Trinajstić information content (AvgIpc) is 2.59. The van der Waals surface area contributed by atoms with Crippen LogP contribution in [-0.4, -0.2) is 42.0 Å². The number of halogens is 2. The maximum Gasteiger partial charge on any atom is 0.265 e. The van der Waals surface area contributed by atoms with Crippen LogP contribution in [0.5, 0.6) is 0 Å². The Bertz CT molecular complexity index is 431. The van der Waals surface area contributed by atoms with Crippen molar-refractivity contribution in [1.82, 2.24) is 15.2 Å². The van der Waals surface area contributed by atoms with E-state index in [2.05, 4.69) is 10.3 Å². The van der Waals surface area contributed by atoms with Crippen LogP contribution in [0.1, 0.15) is 39.6 Å². The molecule has 0 spiro atoms. The summed E-state index contributed by atoms with van der Waals surface area (Å²) in [7, 11) is 1.92. The summed E-state index contributed by atoms with van der Waals surface area (Å²) < 4.78 is 0. The summed E-state index contributed by atoms with van der Waals surface area (Å²) in [6, 6.07) is 0.356. The second-order valence-electron chi connectivity index (χ2n) is 4.90. The Balaban J connectivity index is 0.00000180. The number of carbonyl (C=O) groups excluding carboxylic acids is 1. The highest BCUT2D eigenvalue weighted by atomic mass is 35.5. The molecule has 1 N–H and O–H groups in total. The Morgan fingerprint density at radius 3 is 2.60 bits per heavy atom. The topological polar surface area (TPSA) is 45.2 Å². The van der Waals surface area contributed by atoms with Gasteiger partial charge in [0.25, 0.3) is 5.91 Å². The number of hydrogen-bond acceptors (Lipinski definition) is 4. The van der Waals surface area contributed by atoms with Crippen LogP contribution in [0.15, 0.2) is 0 Å². The van der Waals surface area contributed by atoms with Crippen LogP contribution >= 0.6 is 36.2 Å². The molecular formula is C13H23Cl2N3OS. The lowest BCUT2D eigenvalue weighted by Crippen LogP contribution is -2.37. The molecule has 0 aliphatic carbocycles. The van der Waals surface area contributed by atoms with Crippen LogP contribution in [0.2, 0.25) is 0 Å². The molecule has 20 heavy (non-hydrogen) atoms. The molecule has 1 aromatic heterocycles. The molecule has 2 rings (SSSR count). The number of nitrogens with zero attached hydrogens (tertiary/aromatic N) is 2. The highest BCUT2D eigenvalue weighted by Crippen LogP contribution is 2.21. The van der Waals surface area contributed by atoms with Gasteiger partial charge in [0, 0.05) is 13.1 Å². The predicted octanol–water partition coefficient (Wildman–Crippen LogP) is 2.82. The predicted molar refractivity (Wildman–Crippen MR) is 88.7 cm³/mol. The average molecular weight is 340 g/mol. The van der Waals surface area contributed by atoms with Crippen molar-refractivity contribution in [1.29, 1.82) is 0 Å². The van der Waals surface area contributed by atoms with Gasteiger partial charge in [-0.1, -0.05) is 0 Å². The van der Waals surface area contributed by atoms with E-state index >= 15 is 0 Å². The van der Waals surface area contributed by atoms with Gasteiger partial charge in [0.05, 0.1) is 10.7 Å². The molecule has 1 atom stereocenters. The zero-order valence-electron chi connectivity index (χ0n) is 12.1. The highest BCUT2D eigenvalue weighted by molar-refractivity contribution is 7.13. The summed E-state index contributed by atoms with van der Waals surface area (Å²) in [6.07, 6.45) is 3.27. The lowest BCUT2D eigenvalue weighted by atomic mass is 10.1. The van der Waals surface area contributed by atoms with E-state index < -0.39 is 0 Å². The summed E-state index contributed by atoms with van der Waals surface area (Å²) in [5.74, 6) is 0.130. The monoisotopic (exact) mass is 339 g/mol. The smallest absolute Gasteiger partial charge is 0.265 e. The van der Waals surface area contributed by atoms with Gasteiger partial charge in [-0.3, -0.25) is 4.79 Å². The molecule has 4 nitrogen and oxygen atoms in total. The van der Waals surface area contributed by atoms with Crippen molar-refractivity contribution in [3.8, 4) is 0 Å². The Kier molecular flexibility index (Phi) is 8.66. The maximum atomic E-state index is 12.5. The molecule has 0 bridgehead atoms. The van der Waals surface area contributed by atoms with Crippen molar-refractivity contribution < 1.29 is 4.79 Å². The van der Waals surface area contributed by atoms with E-state index in [1.165, 1.54) is 11.3 Å². The van der Waals surface area contributed by atoms with Crippen molar-refractivity contribution in [2.75, 3.05) is 20.1 Å². The van der Waals surface area contributed by atoms with Crippen LogP contribution in [0.3, 0.4) is 0 Å². The van der Waals surface area contributed by atoms with Gasteiger partial charge in [-0.2, -0.15) is 0 Å². The fourth-order valence-corrected chi connectivity index (χ4v) is 3.35. The van der Waals surface area contributed by atoms with E-state index in [1.54, 1.807) is 0 Å². The van der Waals surface area contributed by atoms with Gasteiger partial charge in [-0.25, -0.2) is 4.98 Å². The molecule has 2 heterocycles. The summed E-state index contributed by atoms with van der Waals surface area (Å²) in [5.41, 5.74) is 0.862. The second-order valence-corrected chi connectivity index (χ2v) is 6.10. The number of hydrogen-bond donors (Lipinski definition) is 1. The van der Waals surface area contributed by atoms with Gasteiger partial charge >= 0.3 is 0 Å². The molecule has 1 saturated heterocycles. The molecule has 0 radical (unpaired) electrons. The van der Waals surface area contributed by atoms with E-state index in [-0.39, 0.29) is 30.7 Å². The minimum absolute atomic E-state index is 0. The second kappa shape index (κ2) is 8.82. The molecule has 7 heteroatoms. The molecule has 1 aliphatic heterocycles. The van der Waals surface area contributed by atoms with E-state index in [0.717, 1.165) is 47.9 Å². The molecule has 116 valence electrons. The standard InChI is InChI=1S/C13H21N3OS.2ClH/c1-9-12(18-10(2)15-9)13(17)16(3)11-5-4-7-14-8-6-11;;/h11,14H,4-8H2,1-3H3;2*1H. The van der Waals surface area contributed by atoms with E-state index in [4.69, 9.17) is 0 Å². The zero-order valence-corrected chi connectivity index (χ0v) is 14.6. The lowest BCUT2D eigenvalue weighted by Gasteiger charge is -2.26. The first kappa shape index (κ1) is 19.6. The Morgan fingerprint density at radius 2 is 2.00 bits per heavy atom. The third kappa shape index (κ3) is 4.58. The van der Waals surface area contributed by atoms with Crippen LogP contribution in [0, 0.1) is 13.8 Å². The number of carbonyl (C=O) groups is 1. The molecule has 0 saturated carbocycles. The fourth-order valence-electron chi connectivity index (χ4n) is 2.44. The van der Waals surface area contributed by atoms with Crippen molar-refractivity contribution in [2.45, 2.75) is 39.2 Å². The third-order valence-electron chi connectivity index (χ3n) is 3.51. The van der Waals surface area contributed by atoms with Gasteiger partial charge in [0.1, 0.15) is 4.88 Å². The normalized spacial score (nSPS) is 18.4. The van der Waals surface area contributed by atoms with Crippen LogP contribution in [-0.2, 0) is 0 Å². The molecule has 1 aliphatic rings. The molecule has 0 aromatic carbocycles. The highest BCUT2D eigenvalue weighted by Gasteiger charge is 2.24. The summed E-state index contributed by atoms with van der Waals surface area (Å²) >= 11 is 1.50. The summed E-state index contributed by atoms with van der Waals surface area (Å²) in [5, 5.41) is 4.34. The van der Waals surface area contributed by atoms with Crippen molar-refractivity contribution in [3.63, 3.8) is 0 Å². The molecular weight excluding hydrogens is 317 g/mol. The summed E-state index contributed by atoms with van der Waals surface area (Å²) in [4.78, 5) is 19.5. The number of rotatable bonds is 2. The van der Waals surface area contributed by atoms with Gasteiger partial charge in [0.2, 0.25) is 0 Å². The van der Waals surface area contributed by atoms with Crippen molar-refractivity contribution in [3.05, 3.63) is 15.6 Å². The number of aromatic nitrogens is 1. The fraction of sp³-hybridized carbons (Fsp3) is 0.692. The van der Waals surface area contributed by atoms with Crippen LogP contribution in [0.4, 0.5) is 0 Å². The van der Waals surface area contributed by atoms with E-state index in [1.807, 2.05) is 25.8 Å². The number of amides is 1. The van der Waals surface area contributed by atoms with Gasteiger partial charge in [-0.15, -0.1) is 36.2 Å². The minimum atomic E-state index is 0. The number of thiazole rings is 1. The van der Waals surface area contributed by atoms with E-state index in [9.17, 15) is 4.79 Å². The van der Waals surface area contributed by atoms with Gasteiger partial charge < -0.3 is 10.2 Å². The first-order valence-corrected chi connectivity index (χ1v) is 7.33. The molecule has 1 aromatic rings. The lowest BCUT2D eigenvalue weighted by molar-refractivity contribution is 0.0724. The Hall–Kier alpha value is -0.360. The zero-order chi connectivity index (χ0) is 13.1. The van der Waals surface area contributed by atoms with E-state index in [0.29, 0.717) is 6.04 Å². The third-order valence-corrected chi connectivity index (χ3v) is 4.57. The van der Waals surface area contributed by atoms with Gasteiger partial charge in [0.15, 0.2) is 0 Å². The quantitative estimate of drug-likeness (QED) is 0.900. The van der Waals surface area contributed by atoms with Crippen molar-refractivity contribution in [2.24, 2.45) is 0 Å². The largest absolute Gasteiger partial charge is 0.338 e. The molecule has 1 amide bonds. The first-order valence-electron chi connectivity index (χ1n) is 6.51. The van der Waals surface area contributed by atoms with Crippen molar-refractivity contribution >= 4 is 42.1 Å². The van der Waals surface area contributed by atoms with Crippen LogP contribution in [0.25, 0.3) is 0 Å².